The number of H-pyrrole nitrogens is 1. The van der Waals surface area contributed by atoms with Crippen LogP contribution in [0.15, 0.2) is 42.5 Å². The number of hydrogen-bond acceptors (Lipinski definition) is 5. The SMILES string of the molecule is Cc1c(C(N)=O)ccc(N2CCN(C)CC2)c1-c1n[nH]c2ccc(OCc3c(F)ccc(F)c3Cl)cc12. The number of fused-ring (bicyclic) bond motifs is 1. The van der Waals surface area contributed by atoms with E-state index in [-0.39, 0.29) is 17.2 Å². The number of aromatic nitrogens is 2. The average Bonchev–Trinajstić information content (AvgIpc) is 3.29. The zero-order valence-corrected chi connectivity index (χ0v) is 21.2. The normalized spacial score (nSPS) is 14.4. The van der Waals surface area contributed by atoms with Gasteiger partial charge < -0.3 is 20.3 Å². The van der Waals surface area contributed by atoms with Crippen LogP contribution >= 0.6 is 11.6 Å². The molecular formula is C27H26ClF2N5O2. The Labute approximate surface area is 217 Å². The van der Waals surface area contributed by atoms with Crippen molar-refractivity contribution in [2.24, 2.45) is 5.73 Å². The van der Waals surface area contributed by atoms with Crippen LogP contribution < -0.4 is 15.4 Å². The van der Waals surface area contributed by atoms with Gasteiger partial charge in [-0.1, -0.05) is 11.6 Å². The number of primary amides is 1. The largest absolute Gasteiger partial charge is 0.489 e. The number of amides is 1. The van der Waals surface area contributed by atoms with Crippen LogP contribution in [0, 0.1) is 18.6 Å². The fourth-order valence-corrected chi connectivity index (χ4v) is 4.91. The van der Waals surface area contributed by atoms with Crippen LogP contribution in [0.5, 0.6) is 5.75 Å². The molecule has 37 heavy (non-hydrogen) atoms. The molecule has 7 nitrogen and oxygen atoms in total. The highest BCUT2D eigenvalue weighted by atomic mass is 35.5. The minimum absolute atomic E-state index is 0.0588. The number of nitrogens with zero attached hydrogens (tertiary/aromatic N) is 3. The average molecular weight is 526 g/mol. The second-order valence-electron chi connectivity index (χ2n) is 9.18. The maximum Gasteiger partial charge on any atom is 0.248 e. The van der Waals surface area contributed by atoms with Crippen molar-refractivity contribution in [2.75, 3.05) is 38.1 Å². The molecule has 1 aromatic heterocycles. The Balaban J connectivity index is 1.56. The number of ether oxygens (including phenoxy) is 1. The Morgan fingerprint density at radius 1 is 1.11 bits per heavy atom. The first-order valence-corrected chi connectivity index (χ1v) is 12.2. The van der Waals surface area contributed by atoms with E-state index in [0.29, 0.717) is 17.0 Å². The molecule has 1 amide bonds. The number of nitrogens with one attached hydrogen (secondary N) is 1. The van der Waals surface area contributed by atoms with E-state index in [9.17, 15) is 13.6 Å². The summed E-state index contributed by atoms with van der Waals surface area (Å²) in [6, 6.07) is 11.0. The highest BCUT2D eigenvalue weighted by Crippen LogP contribution is 2.39. The van der Waals surface area contributed by atoms with Gasteiger partial charge in [0.05, 0.1) is 10.5 Å². The first-order chi connectivity index (χ1) is 17.7. The lowest BCUT2D eigenvalue weighted by molar-refractivity contribution is 0.0999. The third kappa shape index (κ3) is 4.72. The van der Waals surface area contributed by atoms with Crippen molar-refractivity contribution in [1.29, 1.82) is 0 Å². The maximum atomic E-state index is 14.2. The van der Waals surface area contributed by atoms with Crippen LogP contribution in [0.3, 0.4) is 0 Å². The van der Waals surface area contributed by atoms with Gasteiger partial charge in [-0.05, 0) is 62.0 Å². The Morgan fingerprint density at radius 3 is 2.57 bits per heavy atom. The highest BCUT2D eigenvalue weighted by molar-refractivity contribution is 6.31. The molecule has 1 fully saturated rings. The topological polar surface area (TPSA) is 87.5 Å². The van der Waals surface area contributed by atoms with Gasteiger partial charge >= 0.3 is 0 Å². The predicted molar refractivity (Wildman–Crippen MR) is 140 cm³/mol. The van der Waals surface area contributed by atoms with Crippen LogP contribution in [0.4, 0.5) is 14.5 Å². The zero-order valence-electron chi connectivity index (χ0n) is 20.4. The number of carbonyl (C=O) groups is 1. The standard InChI is InChI=1S/C27H26ClF2N5O2/c1-15-17(27(31)36)4-8-23(35-11-9-34(2)10-12-35)24(15)26-18-13-16(3-7-22(18)32-33-26)37-14-19-20(29)5-6-21(30)25(19)28/h3-8,13H,9-12,14H2,1-2H3,(H2,31,36)(H,32,33). The van der Waals surface area contributed by atoms with Crippen molar-refractivity contribution in [3.63, 3.8) is 0 Å². The number of benzene rings is 3. The zero-order chi connectivity index (χ0) is 26.3. The minimum Gasteiger partial charge on any atom is -0.489 e. The van der Waals surface area contributed by atoms with Crippen LogP contribution in [-0.4, -0.2) is 54.2 Å². The number of anilines is 1. The molecule has 2 heterocycles. The fourth-order valence-electron chi connectivity index (χ4n) is 4.70. The summed E-state index contributed by atoms with van der Waals surface area (Å²) in [5.74, 6) is -1.44. The Morgan fingerprint density at radius 2 is 1.84 bits per heavy atom. The summed E-state index contributed by atoms with van der Waals surface area (Å²) in [5, 5.41) is 8.09. The smallest absolute Gasteiger partial charge is 0.248 e. The van der Waals surface area contributed by atoms with Gasteiger partial charge in [0.1, 0.15) is 29.7 Å². The van der Waals surface area contributed by atoms with Crippen molar-refractivity contribution in [3.05, 3.63) is 75.8 Å². The van der Waals surface area contributed by atoms with Crippen LogP contribution in [-0.2, 0) is 6.61 Å². The van der Waals surface area contributed by atoms with Gasteiger partial charge in [-0.3, -0.25) is 9.89 Å². The monoisotopic (exact) mass is 525 g/mol. The van der Waals surface area contributed by atoms with E-state index in [2.05, 4.69) is 27.0 Å². The molecule has 0 spiro atoms. The van der Waals surface area contributed by atoms with E-state index in [4.69, 9.17) is 22.1 Å². The summed E-state index contributed by atoms with van der Waals surface area (Å²) in [4.78, 5) is 16.7. The summed E-state index contributed by atoms with van der Waals surface area (Å²) in [7, 11) is 2.09. The molecule has 5 rings (SSSR count). The van der Waals surface area contributed by atoms with Gasteiger partial charge in [0.15, 0.2) is 0 Å². The van der Waals surface area contributed by atoms with E-state index in [0.717, 1.165) is 66.0 Å². The number of carbonyl (C=O) groups excluding carboxylic acids is 1. The van der Waals surface area contributed by atoms with Gasteiger partial charge in [-0.15, -0.1) is 0 Å². The molecule has 0 atom stereocenters. The number of hydrogen-bond donors (Lipinski definition) is 2. The molecule has 0 aliphatic carbocycles. The number of piperazine rings is 1. The lowest BCUT2D eigenvalue weighted by Crippen LogP contribution is -2.44. The molecule has 0 bridgehead atoms. The van der Waals surface area contributed by atoms with E-state index >= 15 is 0 Å². The number of halogens is 3. The fraction of sp³-hybridized carbons (Fsp3) is 0.259. The van der Waals surface area contributed by atoms with Gasteiger partial charge in [0.25, 0.3) is 0 Å². The van der Waals surface area contributed by atoms with Crippen LogP contribution in [0.1, 0.15) is 21.5 Å². The van der Waals surface area contributed by atoms with Crippen LogP contribution in [0.2, 0.25) is 5.02 Å². The van der Waals surface area contributed by atoms with E-state index in [1.165, 1.54) is 0 Å². The van der Waals surface area contributed by atoms with Gasteiger partial charge in [0, 0.05) is 53.9 Å². The van der Waals surface area contributed by atoms with Crippen molar-refractivity contribution in [2.45, 2.75) is 13.5 Å². The number of rotatable bonds is 6. The molecule has 3 aromatic carbocycles. The number of aromatic amines is 1. The van der Waals surface area contributed by atoms with E-state index in [1.54, 1.807) is 24.3 Å². The Kier molecular flexibility index (Phi) is 6.74. The van der Waals surface area contributed by atoms with Crippen molar-refractivity contribution >= 4 is 34.1 Å². The molecule has 1 saturated heterocycles. The molecule has 1 aliphatic rings. The van der Waals surface area contributed by atoms with Crippen molar-refractivity contribution in [3.8, 4) is 17.0 Å². The summed E-state index contributed by atoms with van der Waals surface area (Å²) >= 11 is 5.95. The summed E-state index contributed by atoms with van der Waals surface area (Å²) in [6.07, 6.45) is 0. The maximum absolute atomic E-state index is 14.2. The highest BCUT2D eigenvalue weighted by Gasteiger charge is 2.24. The lowest BCUT2D eigenvalue weighted by Gasteiger charge is -2.35. The summed E-state index contributed by atoms with van der Waals surface area (Å²) in [5.41, 5.74) is 9.94. The molecule has 0 saturated carbocycles. The minimum atomic E-state index is -0.713. The number of nitrogens with two attached hydrogens (primary N) is 1. The Hall–Kier alpha value is -3.69. The molecule has 10 heteroatoms. The van der Waals surface area contributed by atoms with Gasteiger partial charge in [-0.2, -0.15) is 5.10 Å². The summed E-state index contributed by atoms with van der Waals surface area (Å²) < 4.78 is 33.9. The van der Waals surface area contributed by atoms with Crippen LogP contribution in [0.25, 0.3) is 22.2 Å². The third-order valence-corrected chi connectivity index (χ3v) is 7.25. The molecule has 3 N–H and O–H groups in total. The van der Waals surface area contributed by atoms with E-state index < -0.39 is 17.5 Å². The third-order valence-electron chi connectivity index (χ3n) is 6.85. The Bertz CT molecular complexity index is 1500. The molecular weight excluding hydrogens is 500 g/mol. The second-order valence-corrected chi connectivity index (χ2v) is 9.55. The first kappa shape index (κ1) is 25.0. The summed E-state index contributed by atoms with van der Waals surface area (Å²) in [6.45, 7) is 5.10. The molecule has 192 valence electrons. The quantitative estimate of drug-likeness (QED) is 0.350. The van der Waals surface area contributed by atoms with Gasteiger partial charge in [0.2, 0.25) is 5.91 Å². The second kappa shape index (κ2) is 9.99. The first-order valence-electron chi connectivity index (χ1n) is 11.8. The predicted octanol–water partition coefficient (Wildman–Crippen LogP) is 4.90. The molecule has 1 aliphatic heterocycles. The lowest BCUT2D eigenvalue weighted by atomic mass is 9.95. The van der Waals surface area contributed by atoms with Gasteiger partial charge in [-0.25, -0.2) is 8.78 Å². The molecule has 0 radical (unpaired) electrons. The van der Waals surface area contributed by atoms with Crippen molar-refractivity contribution < 1.29 is 18.3 Å². The number of likely N-dealkylation sites (N-methyl/N-ethyl adjacent to an activating group) is 1. The molecule has 0 unspecified atom stereocenters. The van der Waals surface area contributed by atoms with E-state index in [1.807, 2.05) is 13.0 Å². The van der Waals surface area contributed by atoms with Crippen molar-refractivity contribution in [1.82, 2.24) is 15.1 Å². The molecule has 4 aromatic rings.